The highest BCUT2D eigenvalue weighted by Gasteiger charge is 2.21. The largest absolute Gasteiger partial charge is 0.331 e. The maximum atomic E-state index is 12.4. The van der Waals surface area contributed by atoms with Gasteiger partial charge in [-0.2, -0.15) is 0 Å². The van der Waals surface area contributed by atoms with Crippen LogP contribution in [0.2, 0.25) is 5.02 Å². The second-order valence-electron chi connectivity index (χ2n) is 6.68. The maximum absolute atomic E-state index is 12.4. The van der Waals surface area contributed by atoms with Crippen LogP contribution in [0.3, 0.4) is 0 Å². The number of imidazole rings is 1. The number of hydrogen-bond acceptors (Lipinski definition) is 5. The molecule has 1 heterocycles. The van der Waals surface area contributed by atoms with Gasteiger partial charge in [0.1, 0.15) is 5.82 Å². The number of hydrazine groups is 1. The molecule has 0 bridgehead atoms. The van der Waals surface area contributed by atoms with Crippen molar-refractivity contribution >= 4 is 44.5 Å². The molecule has 9 nitrogen and oxygen atoms in total. The SMILES string of the molecule is CN(C)S(=O)(=O)c1ccc(Cl)c(C(=O)NNC(=O)Cc2nc3ccccc3n2C)c1. The van der Waals surface area contributed by atoms with Crippen molar-refractivity contribution < 1.29 is 18.0 Å². The average Bonchev–Trinajstić information content (AvgIpc) is 3.02. The molecule has 0 saturated carbocycles. The molecular weight excluding hydrogens is 430 g/mol. The third kappa shape index (κ3) is 4.30. The summed E-state index contributed by atoms with van der Waals surface area (Å²) in [7, 11) is 0.816. The Balaban J connectivity index is 1.70. The standard InChI is InChI=1S/C19H20ClN5O4S/c1-24(2)30(28,29)12-8-9-14(20)13(10-12)19(27)23-22-18(26)11-17-21-15-6-4-5-7-16(15)25(17)3/h4-10H,11H2,1-3H3,(H,22,26)(H,23,27). The van der Waals surface area contributed by atoms with Gasteiger partial charge in [0.15, 0.2) is 0 Å². The molecule has 158 valence electrons. The summed E-state index contributed by atoms with van der Waals surface area (Å²) in [6, 6.07) is 11.2. The number of carbonyl (C=O) groups excluding carboxylic acids is 2. The molecule has 0 atom stereocenters. The van der Waals surface area contributed by atoms with E-state index in [1.54, 1.807) is 11.6 Å². The minimum atomic E-state index is -3.74. The van der Waals surface area contributed by atoms with E-state index >= 15 is 0 Å². The predicted molar refractivity (Wildman–Crippen MR) is 112 cm³/mol. The number of carbonyl (C=O) groups is 2. The number of benzene rings is 2. The maximum Gasteiger partial charge on any atom is 0.271 e. The lowest BCUT2D eigenvalue weighted by Gasteiger charge is -2.13. The van der Waals surface area contributed by atoms with Crippen LogP contribution in [0.15, 0.2) is 47.4 Å². The smallest absolute Gasteiger partial charge is 0.271 e. The highest BCUT2D eigenvalue weighted by atomic mass is 35.5. The Labute approximate surface area is 178 Å². The fraction of sp³-hybridized carbons (Fsp3) is 0.211. The lowest BCUT2D eigenvalue weighted by molar-refractivity contribution is -0.121. The van der Waals surface area contributed by atoms with Gasteiger partial charge in [-0.1, -0.05) is 23.7 Å². The number of fused-ring (bicyclic) bond motifs is 1. The van der Waals surface area contributed by atoms with Gasteiger partial charge >= 0.3 is 0 Å². The molecule has 0 aliphatic carbocycles. The van der Waals surface area contributed by atoms with Gasteiger partial charge in [-0.25, -0.2) is 17.7 Å². The first kappa shape index (κ1) is 21.8. The normalized spacial score (nSPS) is 11.6. The molecule has 2 N–H and O–H groups in total. The second kappa shape index (κ2) is 8.42. The van der Waals surface area contributed by atoms with Crippen molar-refractivity contribution in [3.63, 3.8) is 0 Å². The zero-order valence-corrected chi connectivity index (χ0v) is 18.1. The molecule has 2 amide bonds. The zero-order chi connectivity index (χ0) is 22.1. The second-order valence-corrected chi connectivity index (χ2v) is 9.24. The van der Waals surface area contributed by atoms with E-state index in [1.807, 2.05) is 24.3 Å². The van der Waals surface area contributed by atoms with Crippen LogP contribution < -0.4 is 10.9 Å². The molecule has 1 aromatic heterocycles. The minimum absolute atomic E-state index is 0.0507. The van der Waals surface area contributed by atoms with Crippen molar-refractivity contribution in [1.82, 2.24) is 24.7 Å². The Morgan fingerprint density at radius 1 is 1.13 bits per heavy atom. The Morgan fingerprint density at radius 2 is 1.83 bits per heavy atom. The predicted octanol–water partition coefficient (Wildman–Crippen LogP) is 1.48. The van der Waals surface area contributed by atoms with Gasteiger partial charge in [-0.05, 0) is 30.3 Å². The Bertz CT molecular complexity index is 1240. The third-order valence-corrected chi connectivity index (χ3v) is 6.62. The first-order valence-electron chi connectivity index (χ1n) is 8.83. The quantitative estimate of drug-likeness (QED) is 0.573. The molecule has 30 heavy (non-hydrogen) atoms. The van der Waals surface area contributed by atoms with E-state index in [2.05, 4.69) is 15.8 Å². The van der Waals surface area contributed by atoms with Crippen molar-refractivity contribution in [2.75, 3.05) is 14.1 Å². The van der Waals surface area contributed by atoms with Gasteiger partial charge < -0.3 is 4.57 Å². The summed E-state index contributed by atoms with van der Waals surface area (Å²) in [5.41, 5.74) is 6.12. The number of sulfonamides is 1. The zero-order valence-electron chi connectivity index (χ0n) is 16.5. The monoisotopic (exact) mass is 449 g/mol. The van der Waals surface area contributed by atoms with Crippen LogP contribution in [-0.2, 0) is 28.3 Å². The molecule has 0 aliphatic heterocycles. The molecule has 0 saturated heterocycles. The topological polar surface area (TPSA) is 113 Å². The van der Waals surface area contributed by atoms with E-state index in [-0.39, 0.29) is 21.9 Å². The van der Waals surface area contributed by atoms with Crippen molar-refractivity contribution in [2.45, 2.75) is 11.3 Å². The van der Waals surface area contributed by atoms with Crippen molar-refractivity contribution in [3.8, 4) is 0 Å². The number of hydrogen-bond donors (Lipinski definition) is 2. The van der Waals surface area contributed by atoms with Gasteiger partial charge in [0.2, 0.25) is 15.9 Å². The molecule has 3 rings (SSSR count). The molecule has 0 radical (unpaired) electrons. The van der Waals surface area contributed by atoms with Gasteiger partial charge in [0.05, 0.1) is 32.9 Å². The van der Waals surface area contributed by atoms with Gasteiger partial charge in [-0.3, -0.25) is 20.4 Å². The van der Waals surface area contributed by atoms with Crippen LogP contribution in [0.1, 0.15) is 16.2 Å². The molecule has 3 aromatic rings. The van der Waals surface area contributed by atoms with E-state index in [0.29, 0.717) is 5.82 Å². The van der Waals surface area contributed by atoms with E-state index in [0.717, 1.165) is 21.4 Å². The number of amides is 2. The third-order valence-electron chi connectivity index (χ3n) is 4.47. The molecular formula is C19H20ClN5O4S. The number of nitrogens with one attached hydrogen (secondary N) is 2. The van der Waals surface area contributed by atoms with Crippen molar-refractivity contribution in [2.24, 2.45) is 7.05 Å². The summed E-state index contributed by atoms with van der Waals surface area (Å²) in [5, 5.41) is 0.0507. The fourth-order valence-corrected chi connectivity index (χ4v) is 3.92. The van der Waals surface area contributed by atoms with E-state index in [9.17, 15) is 18.0 Å². The lowest BCUT2D eigenvalue weighted by Crippen LogP contribution is -2.42. The van der Waals surface area contributed by atoms with Crippen LogP contribution >= 0.6 is 11.6 Å². The molecule has 2 aromatic carbocycles. The van der Waals surface area contributed by atoms with Gasteiger partial charge in [0, 0.05) is 21.1 Å². The fourth-order valence-electron chi connectivity index (χ4n) is 2.78. The molecule has 0 spiro atoms. The van der Waals surface area contributed by atoms with Crippen molar-refractivity contribution in [1.29, 1.82) is 0 Å². The van der Waals surface area contributed by atoms with Gasteiger partial charge in [-0.15, -0.1) is 0 Å². The van der Waals surface area contributed by atoms with Crippen LogP contribution in [0.4, 0.5) is 0 Å². The highest BCUT2D eigenvalue weighted by molar-refractivity contribution is 7.89. The summed E-state index contributed by atoms with van der Waals surface area (Å²) in [5.74, 6) is -0.704. The molecule has 0 unspecified atom stereocenters. The van der Waals surface area contributed by atoms with Crippen molar-refractivity contribution in [3.05, 3.63) is 58.9 Å². The van der Waals surface area contributed by atoms with E-state index < -0.39 is 21.8 Å². The van der Waals surface area contributed by atoms with E-state index in [1.165, 1.54) is 26.2 Å². The number of rotatable bonds is 5. The average molecular weight is 450 g/mol. The summed E-state index contributed by atoms with van der Waals surface area (Å²) in [6.07, 6.45) is -0.0613. The van der Waals surface area contributed by atoms with E-state index in [4.69, 9.17) is 11.6 Å². The van der Waals surface area contributed by atoms with Crippen LogP contribution in [-0.4, -0.2) is 48.2 Å². The van der Waals surface area contributed by atoms with Crippen LogP contribution in [0, 0.1) is 0 Å². The highest BCUT2D eigenvalue weighted by Crippen LogP contribution is 2.22. The molecule has 0 fully saturated rings. The summed E-state index contributed by atoms with van der Waals surface area (Å²) < 4.78 is 27.3. The van der Waals surface area contributed by atoms with Crippen LogP contribution in [0.25, 0.3) is 11.0 Å². The first-order chi connectivity index (χ1) is 14.1. The summed E-state index contributed by atoms with van der Waals surface area (Å²) in [6.45, 7) is 0. The van der Waals surface area contributed by atoms with Gasteiger partial charge in [0.25, 0.3) is 5.91 Å². The number of aromatic nitrogens is 2. The summed E-state index contributed by atoms with van der Waals surface area (Å²) in [4.78, 5) is 29.0. The Hall–Kier alpha value is -2.95. The number of para-hydroxylation sites is 2. The Kier molecular flexibility index (Phi) is 6.11. The summed E-state index contributed by atoms with van der Waals surface area (Å²) >= 11 is 6.04. The minimum Gasteiger partial charge on any atom is -0.331 e. The Morgan fingerprint density at radius 3 is 2.50 bits per heavy atom. The number of aryl methyl sites for hydroxylation is 1. The lowest BCUT2D eigenvalue weighted by atomic mass is 10.2. The first-order valence-corrected chi connectivity index (χ1v) is 10.6. The molecule has 11 heteroatoms. The number of halogens is 1. The van der Waals surface area contributed by atoms with Crippen LogP contribution in [0.5, 0.6) is 0 Å². The number of nitrogens with zero attached hydrogens (tertiary/aromatic N) is 3. The molecule has 0 aliphatic rings.